The molecule has 0 bridgehead atoms. The van der Waals surface area contributed by atoms with Crippen molar-refractivity contribution in [2.24, 2.45) is 7.05 Å². The molecule has 2 nitrogen and oxygen atoms in total. The second-order valence-corrected chi connectivity index (χ2v) is 3.57. The Morgan fingerprint density at radius 1 is 1.18 bits per heavy atom. The number of alkyl halides is 3. The molecule has 1 aromatic carbocycles. The van der Waals surface area contributed by atoms with Gasteiger partial charge in [-0.25, -0.2) is 4.39 Å². The number of benzene rings is 1. The second kappa shape index (κ2) is 3.87. The lowest BCUT2D eigenvalue weighted by Gasteiger charge is -2.08. The molecule has 0 aliphatic carbocycles. The molecule has 0 spiro atoms. The molecule has 1 heterocycles. The standard InChI is InChI=1S/C11H8F4N2/c1-17-5-4-10(16-17)7-2-3-9(12)8(6-7)11(13,14)15/h2-6H,1H3. The first-order valence-corrected chi connectivity index (χ1v) is 4.74. The highest BCUT2D eigenvalue weighted by Crippen LogP contribution is 2.33. The maximum absolute atomic E-state index is 13.0. The molecule has 0 radical (unpaired) electrons. The molecule has 2 rings (SSSR count). The van der Waals surface area contributed by atoms with E-state index in [0.29, 0.717) is 5.69 Å². The van der Waals surface area contributed by atoms with Gasteiger partial charge in [-0.3, -0.25) is 4.68 Å². The Morgan fingerprint density at radius 2 is 1.88 bits per heavy atom. The molecule has 17 heavy (non-hydrogen) atoms. The van der Waals surface area contributed by atoms with Crippen molar-refractivity contribution in [3.05, 3.63) is 41.8 Å². The lowest BCUT2D eigenvalue weighted by atomic mass is 10.1. The van der Waals surface area contributed by atoms with E-state index in [1.54, 1.807) is 19.3 Å². The van der Waals surface area contributed by atoms with E-state index in [-0.39, 0.29) is 5.56 Å². The highest BCUT2D eigenvalue weighted by Gasteiger charge is 2.34. The van der Waals surface area contributed by atoms with Gasteiger partial charge in [0.05, 0.1) is 11.3 Å². The second-order valence-electron chi connectivity index (χ2n) is 3.57. The molecule has 0 amide bonds. The van der Waals surface area contributed by atoms with Gasteiger partial charge in [0, 0.05) is 18.8 Å². The first-order valence-electron chi connectivity index (χ1n) is 4.74. The van der Waals surface area contributed by atoms with Crippen LogP contribution >= 0.6 is 0 Å². The van der Waals surface area contributed by atoms with Crippen LogP contribution in [0.2, 0.25) is 0 Å². The Bertz CT molecular complexity index is 543. The predicted octanol–water partition coefficient (Wildman–Crippen LogP) is 3.25. The van der Waals surface area contributed by atoms with Crippen LogP contribution in [-0.4, -0.2) is 9.78 Å². The summed E-state index contributed by atoms with van der Waals surface area (Å²) < 4.78 is 52.0. The van der Waals surface area contributed by atoms with Crippen molar-refractivity contribution in [2.45, 2.75) is 6.18 Å². The summed E-state index contributed by atoms with van der Waals surface area (Å²) in [5, 5.41) is 3.96. The third kappa shape index (κ3) is 2.30. The third-order valence-electron chi connectivity index (χ3n) is 2.28. The van der Waals surface area contributed by atoms with Crippen molar-refractivity contribution < 1.29 is 17.6 Å². The van der Waals surface area contributed by atoms with E-state index in [9.17, 15) is 17.6 Å². The van der Waals surface area contributed by atoms with Crippen molar-refractivity contribution in [3.63, 3.8) is 0 Å². The molecular formula is C11H8F4N2. The molecule has 0 aliphatic heterocycles. The summed E-state index contributed by atoms with van der Waals surface area (Å²) in [6, 6.07) is 4.39. The van der Waals surface area contributed by atoms with Gasteiger partial charge in [-0.1, -0.05) is 0 Å². The Morgan fingerprint density at radius 3 is 2.41 bits per heavy atom. The van der Waals surface area contributed by atoms with E-state index in [4.69, 9.17) is 0 Å². The smallest absolute Gasteiger partial charge is 0.275 e. The number of aryl methyl sites for hydroxylation is 1. The highest BCUT2D eigenvalue weighted by atomic mass is 19.4. The van der Waals surface area contributed by atoms with Gasteiger partial charge in [0.2, 0.25) is 0 Å². The number of rotatable bonds is 1. The van der Waals surface area contributed by atoms with E-state index >= 15 is 0 Å². The molecule has 0 saturated heterocycles. The summed E-state index contributed by atoms with van der Waals surface area (Å²) in [6.07, 6.45) is -3.10. The zero-order valence-corrected chi connectivity index (χ0v) is 8.79. The monoisotopic (exact) mass is 244 g/mol. The molecular weight excluding hydrogens is 236 g/mol. The fourth-order valence-electron chi connectivity index (χ4n) is 1.47. The van der Waals surface area contributed by atoms with Crippen LogP contribution in [-0.2, 0) is 13.2 Å². The summed E-state index contributed by atoms with van der Waals surface area (Å²) in [5.74, 6) is -1.28. The van der Waals surface area contributed by atoms with Gasteiger partial charge in [-0.2, -0.15) is 18.3 Å². The Hall–Kier alpha value is -1.85. The van der Waals surface area contributed by atoms with Gasteiger partial charge in [-0.05, 0) is 24.3 Å². The van der Waals surface area contributed by atoms with Crippen LogP contribution in [0.15, 0.2) is 30.5 Å². The molecule has 6 heteroatoms. The normalized spacial score (nSPS) is 11.8. The van der Waals surface area contributed by atoms with Crippen LogP contribution in [0.3, 0.4) is 0 Å². The van der Waals surface area contributed by atoms with Crippen LogP contribution in [0.25, 0.3) is 11.3 Å². The minimum atomic E-state index is -4.70. The molecule has 0 aliphatic rings. The van der Waals surface area contributed by atoms with Gasteiger partial charge >= 0.3 is 6.18 Å². The summed E-state index contributed by atoms with van der Waals surface area (Å²) in [7, 11) is 1.65. The number of halogens is 4. The van der Waals surface area contributed by atoms with Crippen molar-refractivity contribution in [3.8, 4) is 11.3 Å². The molecule has 0 atom stereocenters. The number of hydrogen-bond acceptors (Lipinski definition) is 1. The van der Waals surface area contributed by atoms with Gasteiger partial charge in [0.1, 0.15) is 5.82 Å². The summed E-state index contributed by atoms with van der Waals surface area (Å²) >= 11 is 0. The first kappa shape index (κ1) is 11.6. The van der Waals surface area contributed by atoms with Gasteiger partial charge < -0.3 is 0 Å². The number of hydrogen-bond donors (Lipinski definition) is 0. The topological polar surface area (TPSA) is 17.8 Å². The third-order valence-corrected chi connectivity index (χ3v) is 2.28. The lowest BCUT2D eigenvalue weighted by Crippen LogP contribution is -2.08. The van der Waals surface area contributed by atoms with Crippen LogP contribution in [0.4, 0.5) is 17.6 Å². The molecule has 0 N–H and O–H groups in total. The van der Waals surface area contributed by atoms with E-state index in [2.05, 4.69) is 5.10 Å². The van der Waals surface area contributed by atoms with Gasteiger partial charge in [0.15, 0.2) is 0 Å². The summed E-state index contributed by atoms with van der Waals surface area (Å²) in [4.78, 5) is 0. The van der Waals surface area contributed by atoms with E-state index in [1.807, 2.05) is 0 Å². The molecule has 2 aromatic rings. The molecule has 90 valence electrons. The SMILES string of the molecule is Cn1ccc(-c2ccc(F)c(C(F)(F)F)c2)n1. The quantitative estimate of drug-likeness (QED) is 0.704. The van der Waals surface area contributed by atoms with Crippen LogP contribution in [0.5, 0.6) is 0 Å². The number of nitrogens with zero attached hydrogens (tertiary/aromatic N) is 2. The number of aromatic nitrogens is 2. The highest BCUT2D eigenvalue weighted by molar-refractivity contribution is 5.59. The minimum Gasteiger partial charge on any atom is -0.275 e. The van der Waals surface area contributed by atoms with E-state index in [1.165, 1.54) is 10.7 Å². The van der Waals surface area contributed by atoms with Crippen molar-refractivity contribution in [2.75, 3.05) is 0 Å². The average Bonchev–Trinajstić information content (AvgIpc) is 2.64. The predicted molar refractivity (Wildman–Crippen MR) is 53.6 cm³/mol. The summed E-state index contributed by atoms with van der Waals surface area (Å²) in [6.45, 7) is 0. The van der Waals surface area contributed by atoms with E-state index in [0.717, 1.165) is 12.1 Å². The summed E-state index contributed by atoms with van der Waals surface area (Å²) in [5.41, 5.74) is -0.669. The fraction of sp³-hybridized carbons (Fsp3) is 0.182. The van der Waals surface area contributed by atoms with Crippen molar-refractivity contribution in [1.82, 2.24) is 9.78 Å². The Kier molecular flexibility index (Phi) is 2.65. The minimum absolute atomic E-state index is 0.235. The van der Waals surface area contributed by atoms with Crippen LogP contribution in [0, 0.1) is 5.82 Å². The lowest BCUT2D eigenvalue weighted by molar-refractivity contribution is -0.139. The van der Waals surface area contributed by atoms with Crippen LogP contribution < -0.4 is 0 Å². The van der Waals surface area contributed by atoms with Gasteiger partial charge in [-0.15, -0.1) is 0 Å². The van der Waals surface area contributed by atoms with Crippen LogP contribution in [0.1, 0.15) is 5.56 Å². The fourth-order valence-corrected chi connectivity index (χ4v) is 1.47. The Balaban J connectivity index is 2.51. The zero-order chi connectivity index (χ0) is 12.6. The first-order chi connectivity index (χ1) is 7.88. The maximum atomic E-state index is 13.0. The van der Waals surface area contributed by atoms with Crippen molar-refractivity contribution in [1.29, 1.82) is 0 Å². The van der Waals surface area contributed by atoms with Crippen molar-refractivity contribution >= 4 is 0 Å². The molecule has 0 fully saturated rings. The largest absolute Gasteiger partial charge is 0.419 e. The molecule has 0 saturated carbocycles. The van der Waals surface area contributed by atoms with Gasteiger partial charge in [0.25, 0.3) is 0 Å². The molecule has 0 unspecified atom stereocenters. The average molecular weight is 244 g/mol. The zero-order valence-electron chi connectivity index (χ0n) is 8.79. The maximum Gasteiger partial charge on any atom is 0.419 e. The molecule has 1 aromatic heterocycles. The van der Waals surface area contributed by atoms with E-state index < -0.39 is 17.6 Å². The Labute approximate surface area is 94.5 Å².